The van der Waals surface area contributed by atoms with E-state index >= 15 is 0 Å². The summed E-state index contributed by atoms with van der Waals surface area (Å²) in [6.07, 6.45) is -0.837. The maximum Gasteiger partial charge on any atom is 0.573 e. The van der Waals surface area contributed by atoms with Crippen LogP contribution in [-0.2, 0) is 15.0 Å². The van der Waals surface area contributed by atoms with Crippen LogP contribution in [0.5, 0.6) is 11.5 Å². The Bertz CT molecular complexity index is 1200. The molecule has 3 heterocycles. The molecule has 172 valence electrons. The van der Waals surface area contributed by atoms with Crippen molar-refractivity contribution in [3.63, 3.8) is 0 Å². The minimum absolute atomic E-state index is 0.200. The lowest BCUT2D eigenvalue weighted by Crippen LogP contribution is -2.58. The number of rotatable bonds is 2. The summed E-state index contributed by atoms with van der Waals surface area (Å²) in [6.45, 7) is 3.98. The first-order valence-electron chi connectivity index (χ1n) is 10.5. The van der Waals surface area contributed by atoms with Gasteiger partial charge in [-0.25, -0.2) is 0 Å². The zero-order valence-corrected chi connectivity index (χ0v) is 18.2. The second-order valence-corrected chi connectivity index (χ2v) is 8.89. The van der Waals surface area contributed by atoms with Crippen molar-refractivity contribution < 1.29 is 32.2 Å². The number of likely N-dealkylation sites (N-methyl/N-ethyl adjacent to an activating group) is 1. The number of ether oxygens (including phenoxy) is 2. The molecule has 1 atom stereocenters. The van der Waals surface area contributed by atoms with Crippen LogP contribution in [0, 0.1) is 0 Å². The fourth-order valence-corrected chi connectivity index (χ4v) is 4.98. The Kier molecular flexibility index (Phi) is 4.37. The molecule has 3 aliphatic heterocycles. The molecule has 1 saturated heterocycles. The summed E-state index contributed by atoms with van der Waals surface area (Å²) in [6, 6.07) is 9.40. The SMILES string of the molecule is CN1c2ccc(N3C(=O)CCC3=O)cc2C(C)(C)C12C=Cc1cc(OC(F)(F)F)ccc1O2. The van der Waals surface area contributed by atoms with Gasteiger partial charge >= 0.3 is 6.36 Å². The molecule has 6 nitrogen and oxygen atoms in total. The molecule has 3 aliphatic rings. The van der Waals surface area contributed by atoms with Gasteiger partial charge in [0, 0.05) is 31.1 Å². The molecule has 1 fully saturated rings. The molecule has 1 spiro atoms. The molecule has 0 aromatic heterocycles. The van der Waals surface area contributed by atoms with Crippen molar-refractivity contribution in [3.05, 3.63) is 53.6 Å². The molecule has 0 aliphatic carbocycles. The Balaban J connectivity index is 1.53. The second-order valence-electron chi connectivity index (χ2n) is 8.89. The van der Waals surface area contributed by atoms with Gasteiger partial charge in [0.05, 0.1) is 11.1 Å². The van der Waals surface area contributed by atoms with Gasteiger partial charge < -0.3 is 14.4 Å². The minimum atomic E-state index is -4.78. The van der Waals surface area contributed by atoms with Crippen LogP contribution >= 0.6 is 0 Å². The van der Waals surface area contributed by atoms with Crippen LogP contribution in [0.3, 0.4) is 0 Å². The summed E-state index contributed by atoms with van der Waals surface area (Å²) in [5, 5.41) is 0. The first-order chi connectivity index (χ1) is 15.4. The third kappa shape index (κ3) is 3.09. The third-order valence-corrected chi connectivity index (χ3v) is 6.69. The maximum atomic E-state index is 12.6. The van der Waals surface area contributed by atoms with Gasteiger partial charge in [-0.2, -0.15) is 0 Å². The van der Waals surface area contributed by atoms with E-state index < -0.39 is 17.5 Å². The largest absolute Gasteiger partial charge is 0.573 e. The lowest BCUT2D eigenvalue weighted by Gasteiger charge is -2.45. The number of hydrogen-bond acceptors (Lipinski definition) is 5. The topological polar surface area (TPSA) is 59.1 Å². The zero-order chi connectivity index (χ0) is 23.8. The van der Waals surface area contributed by atoms with E-state index in [4.69, 9.17) is 4.74 Å². The van der Waals surface area contributed by atoms with Gasteiger partial charge in [-0.3, -0.25) is 14.5 Å². The average Bonchev–Trinajstić information content (AvgIpc) is 3.15. The highest BCUT2D eigenvalue weighted by atomic mass is 19.4. The molecule has 0 saturated carbocycles. The number of carbonyl (C=O) groups excluding carboxylic acids is 2. The Morgan fingerprint density at radius 3 is 2.39 bits per heavy atom. The van der Waals surface area contributed by atoms with Gasteiger partial charge in [0.15, 0.2) is 0 Å². The van der Waals surface area contributed by atoms with Gasteiger partial charge in [0.2, 0.25) is 17.5 Å². The number of anilines is 2. The number of benzene rings is 2. The zero-order valence-electron chi connectivity index (χ0n) is 18.2. The summed E-state index contributed by atoms with van der Waals surface area (Å²) in [5.41, 5.74) is 1.15. The molecule has 33 heavy (non-hydrogen) atoms. The number of hydrogen-bond donors (Lipinski definition) is 0. The van der Waals surface area contributed by atoms with Crippen LogP contribution in [-0.4, -0.2) is 30.9 Å². The Morgan fingerprint density at radius 2 is 1.73 bits per heavy atom. The van der Waals surface area contributed by atoms with Crippen molar-refractivity contribution in [1.82, 2.24) is 0 Å². The van der Waals surface area contributed by atoms with Crippen molar-refractivity contribution in [2.75, 3.05) is 16.8 Å². The summed E-state index contributed by atoms with van der Waals surface area (Å²) in [5.74, 6) is -0.348. The average molecular weight is 458 g/mol. The van der Waals surface area contributed by atoms with E-state index in [1.165, 1.54) is 23.1 Å². The molecular formula is C24H21F3N2O4. The van der Waals surface area contributed by atoms with E-state index in [0.717, 1.165) is 11.3 Å². The van der Waals surface area contributed by atoms with Crippen LogP contribution in [0.1, 0.15) is 37.8 Å². The number of amides is 2. The van der Waals surface area contributed by atoms with Gasteiger partial charge in [-0.1, -0.05) is 0 Å². The van der Waals surface area contributed by atoms with E-state index in [2.05, 4.69) is 4.74 Å². The number of halogens is 3. The summed E-state index contributed by atoms with van der Waals surface area (Å²) in [4.78, 5) is 27.6. The highest BCUT2D eigenvalue weighted by molar-refractivity contribution is 6.20. The Hall–Kier alpha value is -3.49. The molecule has 0 bridgehead atoms. The first-order valence-corrected chi connectivity index (χ1v) is 10.5. The highest BCUT2D eigenvalue weighted by Gasteiger charge is 2.58. The van der Waals surface area contributed by atoms with Crippen LogP contribution < -0.4 is 19.3 Å². The third-order valence-electron chi connectivity index (χ3n) is 6.69. The van der Waals surface area contributed by atoms with Crippen LogP contribution in [0.2, 0.25) is 0 Å². The lowest BCUT2D eigenvalue weighted by molar-refractivity contribution is -0.274. The summed E-state index contributed by atoms with van der Waals surface area (Å²) in [7, 11) is 1.87. The normalized spacial score (nSPS) is 23.1. The molecule has 2 aromatic rings. The number of nitrogens with zero attached hydrogens (tertiary/aromatic N) is 2. The van der Waals surface area contributed by atoms with Gasteiger partial charge in [0.25, 0.3) is 0 Å². The minimum Gasteiger partial charge on any atom is -0.463 e. The van der Waals surface area contributed by atoms with Gasteiger partial charge in [-0.15, -0.1) is 13.2 Å². The van der Waals surface area contributed by atoms with Crippen molar-refractivity contribution in [2.24, 2.45) is 0 Å². The van der Waals surface area contributed by atoms with Gasteiger partial charge in [0.1, 0.15) is 11.5 Å². The van der Waals surface area contributed by atoms with E-state index in [1.54, 1.807) is 12.1 Å². The van der Waals surface area contributed by atoms with Gasteiger partial charge in [-0.05, 0) is 68.0 Å². The number of imide groups is 1. The predicted molar refractivity (Wildman–Crippen MR) is 115 cm³/mol. The molecule has 9 heteroatoms. The molecule has 5 rings (SSSR count). The van der Waals surface area contributed by atoms with Crippen molar-refractivity contribution >= 4 is 29.3 Å². The molecule has 2 aromatic carbocycles. The molecule has 0 N–H and O–H groups in total. The number of carbonyl (C=O) groups is 2. The van der Waals surface area contributed by atoms with E-state index in [9.17, 15) is 22.8 Å². The first kappa shape index (κ1) is 21.4. The van der Waals surface area contributed by atoms with E-state index in [0.29, 0.717) is 17.0 Å². The summed E-state index contributed by atoms with van der Waals surface area (Å²) >= 11 is 0. The van der Waals surface area contributed by atoms with Crippen molar-refractivity contribution in [2.45, 2.75) is 44.2 Å². The van der Waals surface area contributed by atoms with Crippen molar-refractivity contribution in [3.8, 4) is 11.5 Å². The molecular weight excluding hydrogens is 437 g/mol. The van der Waals surface area contributed by atoms with Crippen LogP contribution in [0.15, 0.2) is 42.5 Å². The molecule has 0 radical (unpaired) electrons. The maximum absolute atomic E-state index is 12.6. The Labute approximate surface area is 188 Å². The fraction of sp³-hybridized carbons (Fsp3) is 0.333. The quantitative estimate of drug-likeness (QED) is 0.607. The predicted octanol–water partition coefficient (Wildman–Crippen LogP) is 4.77. The smallest absolute Gasteiger partial charge is 0.463 e. The highest BCUT2D eigenvalue weighted by Crippen LogP contribution is 2.55. The fourth-order valence-electron chi connectivity index (χ4n) is 4.98. The van der Waals surface area contributed by atoms with Crippen LogP contribution in [0.25, 0.3) is 6.08 Å². The van der Waals surface area contributed by atoms with E-state index in [1.807, 2.05) is 44.0 Å². The van der Waals surface area contributed by atoms with Crippen LogP contribution in [0.4, 0.5) is 24.5 Å². The molecule has 2 amide bonds. The number of fused-ring (bicyclic) bond motifs is 2. The standard InChI is InChI=1S/C24H21F3N2O4/c1-22(2)17-13-15(29-20(30)8-9-21(29)31)4-6-18(17)28(3)23(22)11-10-14-12-16(32-24(25,26)27)5-7-19(14)33-23/h4-7,10-13H,8-9H2,1-3H3. The second kappa shape index (κ2) is 6.76. The Morgan fingerprint density at radius 1 is 1.03 bits per heavy atom. The summed E-state index contributed by atoms with van der Waals surface area (Å²) < 4.78 is 48.2. The molecule has 1 unspecified atom stereocenters. The van der Waals surface area contributed by atoms with E-state index in [-0.39, 0.29) is 30.4 Å². The lowest BCUT2D eigenvalue weighted by atomic mass is 9.76. The monoisotopic (exact) mass is 458 g/mol. The van der Waals surface area contributed by atoms with Crippen molar-refractivity contribution in [1.29, 1.82) is 0 Å². The number of alkyl halides is 3.